The van der Waals surface area contributed by atoms with Gasteiger partial charge in [-0.1, -0.05) is 60.1 Å². The molecule has 0 unspecified atom stereocenters. The number of carboxylic acids is 1. The SMILES string of the molecule is C#C.CC.CC.CC(C)C.COCCCOC/C(Cl)=C1/c2cc(=O)c(C(=O)O)cn2CCN1C. The molecule has 0 fully saturated rings. The van der Waals surface area contributed by atoms with Crippen LogP contribution in [0, 0.1) is 18.8 Å². The van der Waals surface area contributed by atoms with Crippen LogP contribution in [0.1, 0.15) is 70.9 Å². The van der Waals surface area contributed by atoms with Gasteiger partial charge in [0.05, 0.1) is 23.0 Å². The van der Waals surface area contributed by atoms with E-state index in [0.29, 0.717) is 42.7 Å². The predicted molar refractivity (Wildman–Crippen MR) is 143 cm³/mol. The molecule has 0 bridgehead atoms. The summed E-state index contributed by atoms with van der Waals surface area (Å²) in [5.41, 5.74) is 0.509. The molecule has 0 aromatic carbocycles. The van der Waals surface area contributed by atoms with E-state index in [0.717, 1.165) is 12.3 Å². The summed E-state index contributed by atoms with van der Waals surface area (Å²) in [5, 5.41) is 9.57. The van der Waals surface area contributed by atoms with Crippen LogP contribution in [-0.4, -0.2) is 61.1 Å². The van der Waals surface area contributed by atoms with Gasteiger partial charge >= 0.3 is 5.97 Å². The second-order valence-electron chi connectivity index (χ2n) is 7.24. The molecule has 34 heavy (non-hydrogen) atoms. The Bertz CT molecular complexity index is 782. The molecule has 0 spiro atoms. The summed E-state index contributed by atoms with van der Waals surface area (Å²) < 4.78 is 12.2. The van der Waals surface area contributed by atoms with Crippen molar-refractivity contribution in [1.29, 1.82) is 0 Å². The number of aromatic nitrogens is 1. The van der Waals surface area contributed by atoms with E-state index in [1.165, 1.54) is 12.3 Å². The van der Waals surface area contributed by atoms with Crippen molar-refractivity contribution in [1.82, 2.24) is 9.47 Å². The van der Waals surface area contributed by atoms with Crippen LogP contribution >= 0.6 is 11.6 Å². The number of fused-ring (bicyclic) bond motifs is 1. The number of carbonyl (C=O) groups is 1. The topological polar surface area (TPSA) is 81.0 Å². The number of ether oxygens (including phenoxy) is 2. The van der Waals surface area contributed by atoms with Gasteiger partial charge in [-0.15, -0.1) is 12.8 Å². The molecule has 2 heterocycles. The third-order valence-electron chi connectivity index (χ3n) is 3.78. The smallest absolute Gasteiger partial charge is 0.341 e. The number of halogens is 1. The van der Waals surface area contributed by atoms with Gasteiger partial charge in [-0.2, -0.15) is 0 Å². The van der Waals surface area contributed by atoms with E-state index in [1.807, 2.05) is 39.6 Å². The zero-order valence-electron chi connectivity index (χ0n) is 22.5. The van der Waals surface area contributed by atoms with Crippen LogP contribution in [0.3, 0.4) is 0 Å². The first kappa shape index (κ1) is 36.3. The first-order valence-corrected chi connectivity index (χ1v) is 12.0. The molecule has 2 rings (SSSR count). The van der Waals surface area contributed by atoms with E-state index in [1.54, 1.807) is 11.7 Å². The summed E-state index contributed by atoms with van der Waals surface area (Å²) in [6.07, 6.45) is 10.1. The van der Waals surface area contributed by atoms with E-state index < -0.39 is 11.4 Å². The van der Waals surface area contributed by atoms with Gasteiger partial charge in [-0.25, -0.2) is 4.79 Å². The van der Waals surface area contributed by atoms with Crippen LogP contribution in [0.4, 0.5) is 0 Å². The fourth-order valence-electron chi connectivity index (χ4n) is 2.57. The first-order valence-electron chi connectivity index (χ1n) is 11.7. The minimum absolute atomic E-state index is 0.222. The van der Waals surface area contributed by atoms with Crippen LogP contribution in [0.25, 0.3) is 5.70 Å². The Kier molecular flexibility index (Phi) is 24.0. The highest BCUT2D eigenvalue weighted by Gasteiger charge is 2.23. The molecule has 7 nitrogen and oxygen atoms in total. The number of rotatable bonds is 7. The molecule has 196 valence electrons. The third kappa shape index (κ3) is 14.1. The lowest BCUT2D eigenvalue weighted by molar-refractivity contribution is 0.0694. The van der Waals surface area contributed by atoms with Crippen molar-refractivity contribution in [2.24, 2.45) is 5.92 Å². The van der Waals surface area contributed by atoms with E-state index in [9.17, 15) is 9.59 Å². The molecule has 1 N–H and O–H groups in total. The third-order valence-corrected chi connectivity index (χ3v) is 4.07. The molecular weight excluding hydrogens is 456 g/mol. The lowest BCUT2D eigenvalue weighted by Gasteiger charge is -2.32. The lowest BCUT2D eigenvalue weighted by atomic mass is 10.1. The van der Waals surface area contributed by atoms with Crippen molar-refractivity contribution in [2.75, 3.05) is 40.5 Å². The summed E-state index contributed by atoms with van der Waals surface area (Å²) in [4.78, 5) is 25.1. The summed E-state index contributed by atoms with van der Waals surface area (Å²) in [6.45, 7) is 17.1. The Morgan fingerprint density at radius 3 is 2.15 bits per heavy atom. The van der Waals surface area contributed by atoms with Gasteiger partial charge in [-0.05, 0) is 12.3 Å². The second kappa shape index (κ2) is 22.5. The van der Waals surface area contributed by atoms with Crippen LogP contribution in [-0.2, 0) is 16.0 Å². The number of carboxylic acid groups (broad SMARTS) is 1. The number of pyridine rings is 1. The fraction of sp³-hybridized carbons (Fsp3) is 0.615. The highest BCUT2D eigenvalue weighted by Crippen LogP contribution is 2.27. The zero-order valence-corrected chi connectivity index (χ0v) is 23.2. The summed E-state index contributed by atoms with van der Waals surface area (Å²) in [7, 11) is 3.51. The number of methoxy groups -OCH3 is 1. The molecule has 0 atom stereocenters. The van der Waals surface area contributed by atoms with Gasteiger partial charge in [0, 0.05) is 52.7 Å². The summed E-state index contributed by atoms with van der Waals surface area (Å²) >= 11 is 6.40. The minimum atomic E-state index is -1.23. The van der Waals surface area contributed by atoms with Crippen LogP contribution in [0.15, 0.2) is 22.1 Å². The molecule has 1 aliphatic rings. The molecule has 0 aliphatic carbocycles. The van der Waals surface area contributed by atoms with Crippen molar-refractivity contribution in [3.63, 3.8) is 0 Å². The van der Waals surface area contributed by atoms with E-state index >= 15 is 0 Å². The monoisotopic (exact) mass is 500 g/mol. The summed E-state index contributed by atoms with van der Waals surface area (Å²) in [6, 6.07) is 1.32. The standard InChI is InChI=1S/C16H21ClN2O5.C4H10.2C2H6.C2H2/c1-18-4-5-19-9-11(16(21)22)14(20)8-13(19)15(18)12(17)10-24-7-3-6-23-2;1-4(2)3;3*1-2/h8-9H,3-7,10H2,1-2H3,(H,21,22);4H,1-3H3;2*1-2H3;1-2H/b15-12+;;;;. The minimum Gasteiger partial charge on any atom is -0.477 e. The summed E-state index contributed by atoms with van der Waals surface area (Å²) in [5.74, 6) is -0.396. The molecule has 0 radical (unpaired) electrons. The van der Waals surface area contributed by atoms with Crippen molar-refractivity contribution in [3.05, 3.63) is 38.8 Å². The van der Waals surface area contributed by atoms with Gasteiger partial charge in [0.25, 0.3) is 0 Å². The van der Waals surface area contributed by atoms with Crippen molar-refractivity contribution < 1.29 is 19.4 Å². The van der Waals surface area contributed by atoms with Crippen LogP contribution in [0.5, 0.6) is 0 Å². The highest BCUT2D eigenvalue weighted by atomic mass is 35.5. The fourth-order valence-corrected chi connectivity index (χ4v) is 2.89. The van der Waals surface area contributed by atoms with Gasteiger partial charge < -0.3 is 24.0 Å². The van der Waals surface area contributed by atoms with Gasteiger partial charge in [0.2, 0.25) is 0 Å². The number of aromatic carboxylic acids is 1. The van der Waals surface area contributed by atoms with E-state index in [2.05, 4.69) is 33.6 Å². The molecule has 8 heteroatoms. The molecule has 1 aliphatic heterocycles. The normalized spacial score (nSPS) is 12.8. The molecule has 1 aromatic heterocycles. The largest absolute Gasteiger partial charge is 0.477 e. The maximum atomic E-state index is 12.0. The van der Waals surface area contributed by atoms with Crippen LogP contribution in [0.2, 0.25) is 0 Å². The van der Waals surface area contributed by atoms with Gasteiger partial charge in [0.15, 0.2) is 5.43 Å². The van der Waals surface area contributed by atoms with Crippen molar-refractivity contribution in [2.45, 2.75) is 61.4 Å². The number of likely N-dealkylation sites (N-methyl/N-ethyl adjacent to an activating group) is 1. The number of terminal acetylenes is 1. The quantitative estimate of drug-likeness (QED) is 0.398. The van der Waals surface area contributed by atoms with Gasteiger partial charge in [-0.3, -0.25) is 4.79 Å². The molecule has 0 amide bonds. The maximum absolute atomic E-state index is 12.0. The Balaban J connectivity index is -0.000000835. The Morgan fingerprint density at radius 2 is 1.68 bits per heavy atom. The molecular formula is C26H45ClN2O5. The Morgan fingerprint density at radius 1 is 1.15 bits per heavy atom. The average molecular weight is 501 g/mol. The second-order valence-corrected chi connectivity index (χ2v) is 7.70. The molecule has 1 aromatic rings. The average Bonchev–Trinajstić information content (AvgIpc) is 2.81. The number of hydrogen-bond donors (Lipinski definition) is 1. The van der Waals surface area contributed by atoms with Crippen molar-refractivity contribution in [3.8, 4) is 12.8 Å². The Labute approximate surface area is 211 Å². The number of nitrogens with zero attached hydrogens (tertiary/aromatic N) is 2. The first-order chi connectivity index (χ1) is 16.2. The van der Waals surface area contributed by atoms with Crippen molar-refractivity contribution >= 4 is 23.3 Å². The molecule has 0 saturated heterocycles. The Hall–Kier alpha value is -2.27. The highest BCUT2D eigenvalue weighted by molar-refractivity contribution is 6.32. The number of hydrogen-bond acceptors (Lipinski definition) is 5. The molecule has 0 saturated carbocycles. The van der Waals surface area contributed by atoms with Gasteiger partial charge in [0.1, 0.15) is 5.56 Å². The lowest BCUT2D eigenvalue weighted by Crippen LogP contribution is -2.33. The van der Waals surface area contributed by atoms with Crippen LogP contribution < -0.4 is 5.43 Å². The predicted octanol–water partition coefficient (Wildman–Crippen LogP) is 5.42. The van der Waals surface area contributed by atoms with E-state index in [4.69, 9.17) is 26.2 Å². The van der Waals surface area contributed by atoms with E-state index in [-0.39, 0.29) is 12.2 Å². The zero-order chi connectivity index (χ0) is 27.3. The maximum Gasteiger partial charge on any atom is 0.341 e.